The van der Waals surface area contributed by atoms with Gasteiger partial charge in [-0.3, -0.25) is 19.8 Å². The van der Waals surface area contributed by atoms with Crippen molar-refractivity contribution in [1.82, 2.24) is 5.32 Å². The van der Waals surface area contributed by atoms with Gasteiger partial charge in [0.1, 0.15) is 5.57 Å². The summed E-state index contributed by atoms with van der Waals surface area (Å²) in [6.45, 7) is 12.7. The van der Waals surface area contributed by atoms with E-state index in [1.807, 2.05) is 39.0 Å². The highest BCUT2D eigenvalue weighted by Gasteiger charge is 2.37. The molecule has 33 heavy (non-hydrogen) atoms. The number of carbonyl (C=O) groups excluding carboxylic acids is 2. The zero-order chi connectivity index (χ0) is 24.2. The summed E-state index contributed by atoms with van der Waals surface area (Å²) in [5, 5.41) is 2.81. The number of amides is 2. The lowest BCUT2D eigenvalue weighted by Gasteiger charge is -2.45. The van der Waals surface area contributed by atoms with E-state index in [2.05, 4.69) is 50.2 Å². The maximum absolute atomic E-state index is 13.5. The van der Waals surface area contributed by atoms with Gasteiger partial charge in [0.15, 0.2) is 5.11 Å². The molecule has 0 unspecified atom stereocenters. The monoisotopic (exact) mass is 461 g/mol. The van der Waals surface area contributed by atoms with Crippen LogP contribution in [0.25, 0.3) is 6.08 Å². The first-order valence-corrected chi connectivity index (χ1v) is 11.7. The van der Waals surface area contributed by atoms with Gasteiger partial charge in [-0.25, -0.2) is 0 Å². The van der Waals surface area contributed by atoms with Crippen LogP contribution in [-0.4, -0.2) is 29.5 Å². The van der Waals surface area contributed by atoms with Gasteiger partial charge in [0.2, 0.25) is 0 Å². The van der Waals surface area contributed by atoms with Crippen LogP contribution in [0.5, 0.6) is 0 Å². The average molecular weight is 462 g/mol. The smallest absolute Gasteiger partial charge is 0.270 e. The van der Waals surface area contributed by atoms with Gasteiger partial charge in [-0.1, -0.05) is 24.6 Å². The number of hydrogen-bond acceptors (Lipinski definition) is 4. The molecule has 1 atom stereocenters. The number of hydrogen-bond donors (Lipinski definition) is 1. The van der Waals surface area contributed by atoms with Crippen molar-refractivity contribution in [3.05, 3.63) is 63.7 Å². The summed E-state index contributed by atoms with van der Waals surface area (Å²) in [7, 11) is 2.13. The van der Waals surface area contributed by atoms with Crippen LogP contribution in [-0.2, 0) is 9.59 Å². The van der Waals surface area contributed by atoms with Gasteiger partial charge in [-0.05, 0) is 106 Å². The van der Waals surface area contributed by atoms with Crippen molar-refractivity contribution < 1.29 is 9.59 Å². The Balaban J connectivity index is 1.78. The van der Waals surface area contributed by atoms with E-state index in [0.717, 1.165) is 28.7 Å². The molecule has 172 valence electrons. The quantitative estimate of drug-likeness (QED) is 0.381. The largest absolute Gasteiger partial charge is 0.369 e. The van der Waals surface area contributed by atoms with Crippen molar-refractivity contribution >= 4 is 46.6 Å². The molecule has 0 radical (unpaired) electrons. The minimum Gasteiger partial charge on any atom is -0.369 e. The summed E-state index contributed by atoms with van der Waals surface area (Å²) in [6.07, 6.45) is 2.74. The van der Waals surface area contributed by atoms with Crippen LogP contribution in [0.15, 0.2) is 35.9 Å². The summed E-state index contributed by atoms with van der Waals surface area (Å²) in [4.78, 5) is 30.1. The molecule has 4 rings (SSSR count). The average Bonchev–Trinajstić information content (AvgIpc) is 2.71. The normalized spacial score (nSPS) is 21.4. The standard InChI is InChI=1S/C27H31N3O2S/c1-15-8-9-22(17(3)10-15)30-25(32)21(24(31)28-26(30)33)13-19-12-20-18(4)14-27(5,6)29(7)23(20)11-16(19)2/h8-13,18H,14H2,1-7H3,(H,28,31,33)/b21-13+/t18-/m1/s1. The van der Waals surface area contributed by atoms with E-state index in [0.29, 0.717) is 11.6 Å². The Morgan fingerprint density at radius 1 is 1.06 bits per heavy atom. The third-order valence-electron chi connectivity index (χ3n) is 7.02. The molecule has 6 heteroatoms. The van der Waals surface area contributed by atoms with Gasteiger partial charge in [0.25, 0.3) is 11.8 Å². The second-order valence-corrected chi connectivity index (χ2v) is 10.4. The second-order valence-electron chi connectivity index (χ2n) is 9.99. The molecule has 1 N–H and O–H groups in total. The molecule has 0 bridgehead atoms. The van der Waals surface area contributed by atoms with Gasteiger partial charge in [0.05, 0.1) is 5.69 Å². The molecule has 2 aliphatic heterocycles. The predicted octanol–water partition coefficient (Wildman–Crippen LogP) is 5.17. The highest BCUT2D eigenvalue weighted by atomic mass is 32.1. The maximum Gasteiger partial charge on any atom is 0.270 e. The van der Waals surface area contributed by atoms with Crippen LogP contribution >= 0.6 is 12.2 Å². The second kappa shape index (κ2) is 8.10. The highest BCUT2D eigenvalue weighted by Crippen LogP contribution is 2.43. The Morgan fingerprint density at radius 3 is 2.42 bits per heavy atom. The van der Waals surface area contributed by atoms with Crippen LogP contribution < -0.4 is 15.1 Å². The van der Waals surface area contributed by atoms with E-state index in [-0.39, 0.29) is 16.2 Å². The van der Waals surface area contributed by atoms with Crippen molar-refractivity contribution in [2.45, 2.75) is 59.4 Å². The molecule has 0 aromatic heterocycles. The number of fused-ring (bicyclic) bond motifs is 1. The molecular formula is C27H31N3O2S. The van der Waals surface area contributed by atoms with Crippen LogP contribution in [0.1, 0.15) is 60.9 Å². The number of thiocarbonyl (C=S) groups is 1. The number of anilines is 2. The van der Waals surface area contributed by atoms with Crippen molar-refractivity contribution in [2.24, 2.45) is 0 Å². The molecule has 0 saturated carbocycles. The van der Waals surface area contributed by atoms with Gasteiger partial charge >= 0.3 is 0 Å². The first-order chi connectivity index (χ1) is 15.4. The maximum atomic E-state index is 13.5. The highest BCUT2D eigenvalue weighted by molar-refractivity contribution is 7.80. The van der Waals surface area contributed by atoms with E-state index in [1.165, 1.54) is 16.2 Å². The molecule has 2 aromatic carbocycles. The number of carbonyl (C=O) groups is 2. The minimum absolute atomic E-state index is 0.0696. The van der Waals surface area contributed by atoms with Gasteiger partial charge in [-0.2, -0.15) is 0 Å². The first kappa shape index (κ1) is 23.2. The topological polar surface area (TPSA) is 52.7 Å². The molecule has 1 saturated heterocycles. The molecule has 2 aromatic rings. The number of nitrogens with zero attached hydrogens (tertiary/aromatic N) is 2. The molecule has 0 spiro atoms. The van der Waals surface area contributed by atoms with Gasteiger partial charge < -0.3 is 4.90 Å². The molecule has 2 heterocycles. The Kier molecular flexibility index (Phi) is 5.69. The zero-order valence-electron chi connectivity index (χ0n) is 20.4. The lowest BCUT2D eigenvalue weighted by atomic mass is 9.79. The lowest BCUT2D eigenvalue weighted by molar-refractivity contribution is -0.122. The third kappa shape index (κ3) is 3.97. The fraction of sp³-hybridized carbons (Fsp3) is 0.370. The zero-order valence-corrected chi connectivity index (χ0v) is 21.2. The SMILES string of the molecule is Cc1ccc(N2C(=O)/C(=C/c3cc4c(cc3C)N(C)C(C)(C)C[C@H]4C)C(=O)NC2=S)c(C)c1. The Bertz CT molecular complexity index is 1230. The molecule has 5 nitrogen and oxygen atoms in total. The van der Waals surface area contributed by atoms with Crippen LogP contribution in [0.3, 0.4) is 0 Å². The van der Waals surface area contributed by atoms with Gasteiger partial charge in [-0.15, -0.1) is 0 Å². The van der Waals surface area contributed by atoms with Crippen LogP contribution in [0.4, 0.5) is 11.4 Å². The molecule has 1 fully saturated rings. The van der Waals surface area contributed by atoms with E-state index in [4.69, 9.17) is 12.2 Å². The Hall–Kier alpha value is -2.99. The van der Waals surface area contributed by atoms with Crippen molar-refractivity contribution in [3.63, 3.8) is 0 Å². The van der Waals surface area contributed by atoms with Crippen LogP contribution in [0.2, 0.25) is 0 Å². The fourth-order valence-electron chi connectivity index (χ4n) is 4.98. The number of aryl methyl sites for hydroxylation is 3. The lowest BCUT2D eigenvalue weighted by Crippen LogP contribution is -2.54. The minimum atomic E-state index is -0.463. The fourth-order valence-corrected chi connectivity index (χ4v) is 5.25. The van der Waals surface area contributed by atoms with E-state index in [1.54, 1.807) is 6.08 Å². The summed E-state index contributed by atoms with van der Waals surface area (Å²) < 4.78 is 0. The number of benzene rings is 2. The molecule has 2 amide bonds. The molecule has 0 aliphatic carbocycles. The van der Waals surface area contributed by atoms with E-state index < -0.39 is 11.8 Å². The molecule has 2 aliphatic rings. The number of rotatable bonds is 2. The van der Waals surface area contributed by atoms with Crippen molar-refractivity contribution in [3.8, 4) is 0 Å². The summed E-state index contributed by atoms with van der Waals surface area (Å²) in [5.74, 6) is -0.493. The Labute approximate surface area is 201 Å². The summed E-state index contributed by atoms with van der Waals surface area (Å²) >= 11 is 5.37. The summed E-state index contributed by atoms with van der Waals surface area (Å²) in [6, 6.07) is 10.1. The molecular weight excluding hydrogens is 430 g/mol. The Morgan fingerprint density at radius 2 is 1.76 bits per heavy atom. The summed E-state index contributed by atoms with van der Waals surface area (Å²) in [5.41, 5.74) is 7.19. The van der Waals surface area contributed by atoms with E-state index >= 15 is 0 Å². The predicted molar refractivity (Wildman–Crippen MR) is 139 cm³/mol. The number of nitrogens with one attached hydrogen (secondary N) is 1. The van der Waals surface area contributed by atoms with Crippen molar-refractivity contribution in [2.75, 3.05) is 16.8 Å². The van der Waals surface area contributed by atoms with Crippen LogP contribution in [0, 0.1) is 20.8 Å². The van der Waals surface area contributed by atoms with E-state index in [9.17, 15) is 9.59 Å². The van der Waals surface area contributed by atoms with Gasteiger partial charge in [0, 0.05) is 18.3 Å². The first-order valence-electron chi connectivity index (χ1n) is 11.3. The van der Waals surface area contributed by atoms with Crippen molar-refractivity contribution in [1.29, 1.82) is 0 Å². The third-order valence-corrected chi connectivity index (χ3v) is 7.30.